The highest BCUT2D eigenvalue weighted by Gasteiger charge is 2.40. The van der Waals surface area contributed by atoms with E-state index in [2.05, 4.69) is 0 Å². The van der Waals surface area contributed by atoms with E-state index >= 15 is 0 Å². The largest absolute Gasteiger partial charge is 0.368 e. The predicted molar refractivity (Wildman–Crippen MR) is 54.6 cm³/mol. The Kier molecular flexibility index (Phi) is 2.65. The summed E-state index contributed by atoms with van der Waals surface area (Å²) in [5.74, 6) is -0.203. The quantitative estimate of drug-likeness (QED) is 0.626. The minimum Gasteiger partial charge on any atom is -0.368 e. The number of rotatable bonds is 2. The minimum absolute atomic E-state index is 0.00856. The van der Waals surface area contributed by atoms with Crippen molar-refractivity contribution in [2.24, 2.45) is 17.4 Å². The molecule has 1 saturated heterocycles. The van der Waals surface area contributed by atoms with Crippen LogP contribution < -0.4 is 11.5 Å². The summed E-state index contributed by atoms with van der Waals surface area (Å²) in [5.41, 5.74) is 11.1. The summed E-state index contributed by atoms with van der Waals surface area (Å²) in [7, 11) is 0. The molecule has 84 valence electrons. The third-order valence-corrected chi connectivity index (χ3v) is 3.18. The first-order valence-corrected chi connectivity index (χ1v) is 5.45. The van der Waals surface area contributed by atoms with Gasteiger partial charge in [-0.15, -0.1) is 0 Å². The molecule has 4 N–H and O–H groups in total. The van der Waals surface area contributed by atoms with E-state index in [4.69, 9.17) is 11.5 Å². The maximum atomic E-state index is 11.9. The molecule has 2 rings (SSSR count). The van der Waals surface area contributed by atoms with Gasteiger partial charge in [-0.2, -0.15) is 0 Å². The minimum atomic E-state index is -0.484. The van der Waals surface area contributed by atoms with Gasteiger partial charge in [-0.1, -0.05) is 0 Å². The summed E-state index contributed by atoms with van der Waals surface area (Å²) < 4.78 is 0. The fourth-order valence-electron chi connectivity index (χ4n) is 2.09. The number of carbonyl (C=O) groups is 2. The Balaban J connectivity index is 2.06. The third-order valence-electron chi connectivity index (χ3n) is 3.18. The van der Waals surface area contributed by atoms with Crippen LogP contribution in [0.1, 0.15) is 25.7 Å². The van der Waals surface area contributed by atoms with Gasteiger partial charge < -0.3 is 16.4 Å². The Morgan fingerprint density at radius 2 is 1.87 bits per heavy atom. The number of likely N-dealkylation sites (tertiary alicyclic amines) is 1. The van der Waals surface area contributed by atoms with Crippen molar-refractivity contribution in [3.05, 3.63) is 0 Å². The van der Waals surface area contributed by atoms with Gasteiger partial charge in [0.2, 0.25) is 11.8 Å². The van der Waals surface area contributed by atoms with Gasteiger partial charge in [0.15, 0.2) is 0 Å². The lowest BCUT2D eigenvalue weighted by atomic mass is 9.97. The monoisotopic (exact) mass is 211 g/mol. The summed E-state index contributed by atoms with van der Waals surface area (Å²) in [6.45, 7) is 0.574. The molecule has 2 aliphatic rings. The average molecular weight is 211 g/mol. The van der Waals surface area contributed by atoms with Crippen LogP contribution in [0.5, 0.6) is 0 Å². The van der Waals surface area contributed by atoms with Crippen molar-refractivity contribution in [3.8, 4) is 0 Å². The van der Waals surface area contributed by atoms with Crippen LogP contribution in [0.25, 0.3) is 0 Å². The number of piperidine rings is 1. The molecule has 0 aromatic rings. The molecule has 0 bridgehead atoms. The smallest absolute Gasteiger partial charge is 0.240 e. The van der Waals surface area contributed by atoms with Gasteiger partial charge in [-0.3, -0.25) is 9.59 Å². The zero-order chi connectivity index (χ0) is 11.0. The van der Waals surface area contributed by atoms with E-state index in [0.29, 0.717) is 13.0 Å². The molecule has 0 radical (unpaired) electrons. The number of carbonyl (C=O) groups excluding carboxylic acids is 2. The molecule has 0 aromatic carbocycles. The van der Waals surface area contributed by atoms with Crippen LogP contribution in [0, 0.1) is 5.92 Å². The van der Waals surface area contributed by atoms with Crippen LogP contribution in [0.3, 0.4) is 0 Å². The zero-order valence-corrected chi connectivity index (χ0v) is 8.69. The number of primary amides is 1. The Morgan fingerprint density at radius 3 is 2.40 bits per heavy atom. The second-order valence-electron chi connectivity index (χ2n) is 4.51. The molecular formula is C10H17N3O2. The summed E-state index contributed by atoms with van der Waals surface area (Å²) in [6, 6.07) is -0.493. The maximum Gasteiger partial charge on any atom is 0.240 e. The van der Waals surface area contributed by atoms with Gasteiger partial charge in [0.25, 0.3) is 0 Å². The van der Waals surface area contributed by atoms with Crippen molar-refractivity contribution in [2.75, 3.05) is 6.54 Å². The Morgan fingerprint density at radius 1 is 1.20 bits per heavy atom. The molecule has 0 spiro atoms. The van der Waals surface area contributed by atoms with Crippen LogP contribution in [0.2, 0.25) is 0 Å². The van der Waals surface area contributed by atoms with Crippen molar-refractivity contribution in [2.45, 2.75) is 37.8 Å². The van der Waals surface area contributed by atoms with Crippen molar-refractivity contribution in [3.63, 3.8) is 0 Å². The summed E-state index contributed by atoms with van der Waals surface area (Å²) in [4.78, 5) is 24.7. The van der Waals surface area contributed by atoms with Gasteiger partial charge in [0.05, 0.1) is 0 Å². The molecule has 5 heteroatoms. The molecule has 2 fully saturated rings. The number of hydrogen-bond donors (Lipinski definition) is 2. The molecular weight excluding hydrogens is 194 g/mol. The number of hydrogen-bond acceptors (Lipinski definition) is 3. The normalized spacial score (nSPS) is 31.4. The van der Waals surface area contributed by atoms with Gasteiger partial charge in [-0.25, -0.2) is 0 Å². The molecule has 2 amide bonds. The van der Waals surface area contributed by atoms with Gasteiger partial charge in [-0.05, 0) is 25.7 Å². The lowest BCUT2D eigenvalue weighted by Gasteiger charge is -2.36. The fraction of sp³-hybridized carbons (Fsp3) is 0.800. The second kappa shape index (κ2) is 3.81. The van der Waals surface area contributed by atoms with Crippen molar-refractivity contribution in [1.29, 1.82) is 0 Å². The zero-order valence-electron chi connectivity index (χ0n) is 8.69. The molecule has 15 heavy (non-hydrogen) atoms. The molecule has 2 atom stereocenters. The lowest BCUT2D eigenvalue weighted by molar-refractivity contribution is -0.142. The maximum absolute atomic E-state index is 11.9. The molecule has 5 nitrogen and oxygen atoms in total. The molecule has 0 aromatic heterocycles. The number of nitrogens with two attached hydrogens (primary N) is 2. The van der Waals surface area contributed by atoms with Gasteiger partial charge >= 0.3 is 0 Å². The van der Waals surface area contributed by atoms with Crippen LogP contribution >= 0.6 is 0 Å². The first-order valence-electron chi connectivity index (χ1n) is 5.45. The van der Waals surface area contributed by atoms with E-state index in [-0.39, 0.29) is 17.9 Å². The van der Waals surface area contributed by atoms with Crippen molar-refractivity contribution < 1.29 is 9.59 Å². The van der Waals surface area contributed by atoms with E-state index in [1.807, 2.05) is 0 Å². The lowest BCUT2D eigenvalue weighted by Crippen LogP contribution is -2.55. The van der Waals surface area contributed by atoms with E-state index in [0.717, 1.165) is 19.3 Å². The molecule has 1 aliphatic heterocycles. The highest BCUT2D eigenvalue weighted by molar-refractivity contribution is 5.88. The standard InChI is InChI=1S/C10H17N3O2/c11-7-3-4-13(8(5-7)9(12)14)10(15)6-1-2-6/h6-8H,1-5,11H2,(H2,12,14). The van der Waals surface area contributed by atoms with Crippen LogP contribution in [0.15, 0.2) is 0 Å². The number of nitrogens with zero attached hydrogens (tertiary/aromatic N) is 1. The number of amides is 2. The topological polar surface area (TPSA) is 89.4 Å². The van der Waals surface area contributed by atoms with Crippen molar-refractivity contribution in [1.82, 2.24) is 4.90 Å². The van der Waals surface area contributed by atoms with Gasteiger partial charge in [0, 0.05) is 18.5 Å². The SMILES string of the molecule is NC(=O)C1CC(N)CCN1C(=O)C1CC1. The van der Waals surface area contributed by atoms with E-state index in [1.165, 1.54) is 0 Å². The Labute approximate surface area is 88.8 Å². The van der Waals surface area contributed by atoms with Crippen LogP contribution in [0.4, 0.5) is 0 Å². The Bertz CT molecular complexity index is 288. The fourth-order valence-corrected chi connectivity index (χ4v) is 2.09. The van der Waals surface area contributed by atoms with E-state index < -0.39 is 11.9 Å². The highest BCUT2D eigenvalue weighted by Crippen LogP contribution is 2.33. The molecule has 2 unspecified atom stereocenters. The Hall–Kier alpha value is -1.10. The summed E-state index contributed by atoms with van der Waals surface area (Å²) >= 11 is 0. The third kappa shape index (κ3) is 2.12. The summed E-state index contributed by atoms with van der Waals surface area (Å²) in [6.07, 6.45) is 3.18. The summed E-state index contributed by atoms with van der Waals surface area (Å²) in [5, 5.41) is 0. The molecule has 1 heterocycles. The van der Waals surface area contributed by atoms with Crippen LogP contribution in [-0.4, -0.2) is 35.3 Å². The van der Waals surface area contributed by atoms with E-state index in [9.17, 15) is 9.59 Å². The second-order valence-corrected chi connectivity index (χ2v) is 4.51. The molecule has 1 aliphatic carbocycles. The predicted octanol–water partition coefficient (Wildman–Crippen LogP) is -0.800. The first kappa shape index (κ1) is 10.4. The van der Waals surface area contributed by atoms with Crippen molar-refractivity contribution >= 4 is 11.8 Å². The highest BCUT2D eigenvalue weighted by atomic mass is 16.2. The molecule has 1 saturated carbocycles. The first-order chi connectivity index (χ1) is 7.09. The van der Waals surface area contributed by atoms with Gasteiger partial charge in [0.1, 0.15) is 6.04 Å². The average Bonchev–Trinajstić information content (AvgIpc) is 2.99. The van der Waals surface area contributed by atoms with Crippen LogP contribution in [-0.2, 0) is 9.59 Å². The van der Waals surface area contributed by atoms with E-state index in [1.54, 1.807) is 4.90 Å².